The first-order valence-corrected chi connectivity index (χ1v) is 15.1. The second-order valence-corrected chi connectivity index (χ2v) is 13.2. The van der Waals surface area contributed by atoms with E-state index >= 15 is 0 Å². The maximum absolute atomic E-state index is 10.7. The van der Waals surface area contributed by atoms with Crippen LogP contribution in [0.5, 0.6) is 0 Å². The van der Waals surface area contributed by atoms with Crippen LogP contribution in [0.4, 0.5) is 5.95 Å². The lowest BCUT2D eigenvalue weighted by atomic mass is 10.2. The summed E-state index contributed by atoms with van der Waals surface area (Å²) in [4.78, 5) is 28.2. The first-order valence-electron chi connectivity index (χ1n) is 8.59. The Morgan fingerprint density at radius 2 is 1.33 bits per heavy atom. The Morgan fingerprint density at radius 1 is 0.879 bits per heavy atom. The van der Waals surface area contributed by atoms with Crippen LogP contribution in [0, 0.1) is 35.3 Å². The SMILES string of the molecule is Cc1cc(C)[nH+]c(N)n1.O=C(O)c1cc(I)cc(I)c1I.O=C([O-])c1cc(I)cc(I)c1I. The van der Waals surface area contributed by atoms with Gasteiger partial charge < -0.3 is 15.0 Å². The maximum Gasteiger partial charge on any atom is 0.387 e. The van der Waals surface area contributed by atoms with Gasteiger partial charge in [0, 0.05) is 33.1 Å². The van der Waals surface area contributed by atoms with Crippen LogP contribution in [0.2, 0.25) is 0 Å². The van der Waals surface area contributed by atoms with Crippen molar-refractivity contribution in [1.82, 2.24) is 4.98 Å². The van der Waals surface area contributed by atoms with Gasteiger partial charge in [0.15, 0.2) is 0 Å². The predicted octanol–water partition coefficient (Wildman–Crippen LogP) is 5.16. The molecule has 0 saturated heterocycles. The predicted molar refractivity (Wildman–Crippen MR) is 175 cm³/mol. The van der Waals surface area contributed by atoms with Crippen LogP contribution in [0.3, 0.4) is 0 Å². The number of nitrogens with one attached hydrogen (secondary N) is 1. The third-order valence-electron chi connectivity index (χ3n) is 3.48. The summed E-state index contributed by atoms with van der Waals surface area (Å²) >= 11 is 12.5. The molecule has 0 atom stereocenters. The molecule has 0 saturated carbocycles. The van der Waals surface area contributed by atoms with Crippen LogP contribution in [-0.2, 0) is 0 Å². The molecule has 1 aromatic heterocycles. The van der Waals surface area contributed by atoms with E-state index in [1.807, 2.05) is 77.2 Å². The number of carbonyl (C=O) groups is 2. The Balaban J connectivity index is 0.000000250. The van der Waals surface area contributed by atoms with Gasteiger partial charge in [0.05, 0.1) is 17.2 Å². The van der Waals surface area contributed by atoms with Crippen LogP contribution in [0.1, 0.15) is 32.1 Å². The summed E-state index contributed by atoms with van der Waals surface area (Å²) in [6.45, 7) is 3.86. The quantitative estimate of drug-likeness (QED) is 0.270. The van der Waals surface area contributed by atoms with Crippen molar-refractivity contribution in [2.75, 3.05) is 5.73 Å². The van der Waals surface area contributed by atoms with E-state index in [0.717, 1.165) is 32.8 Å². The largest absolute Gasteiger partial charge is 0.545 e. The van der Waals surface area contributed by atoms with Gasteiger partial charge in [0.1, 0.15) is 5.69 Å². The monoisotopic (exact) mass is 1120 g/mol. The fourth-order valence-corrected chi connectivity index (χ4v) is 6.98. The number of rotatable bonds is 2. The molecule has 3 aromatic rings. The number of hydrogen-bond donors (Lipinski definition) is 2. The van der Waals surface area contributed by atoms with Crippen LogP contribution in [-0.4, -0.2) is 22.0 Å². The van der Waals surface area contributed by atoms with Gasteiger partial charge in [-0.05, 0) is 174 Å². The van der Waals surface area contributed by atoms with Crippen molar-refractivity contribution in [2.24, 2.45) is 0 Å². The number of aromatic carboxylic acids is 2. The number of aromatic nitrogens is 2. The number of aryl methyl sites for hydroxylation is 2. The van der Waals surface area contributed by atoms with E-state index in [-0.39, 0.29) is 5.56 Å². The van der Waals surface area contributed by atoms with E-state index in [9.17, 15) is 14.7 Å². The molecular weight excluding hydrogens is 1110 g/mol. The van der Waals surface area contributed by atoms with Gasteiger partial charge in [-0.2, -0.15) is 0 Å². The molecule has 0 radical (unpaired) electrons. The Labute approximate surface area is 272 Å². The highest BCUT2D eigenvalue weighted by atomic mass is 127. The minimum Gasteiger partial charge on any atom is -0.545 e. The van der Waals surface area contributed by atoms with E-state index in [0.29, 0.717) is 11.5 Å². The number of H-pyrrole nitrogens is 1. The summed E-state index contributed by atoms with van der Waals surface area (Å²) in [6.07, 6.45) is 0. The summed E-state index contributed by atoms with van der Waals surface area (Å²) in [7, 11) is 0. The molecule has 3 rings (SSSR count). The van der Waals surface area contributed by atoms with Gasteiger partial charge in [-0.15, -0.1) is 0 Å². The molecule has 0 aliphatic carbocycles. The number of carboxylic acids is 2. The highest BCUT2D eigenvalue weighted by molar-refractivity contribution is 14.1. The van der Waals surface area contributed by atoms with Crippen LogP contribution in [0.25, 0.3) is 0 Å². The van der Waals surface area contributed by atoms with E-state index in [4.69, 9.17) is 10.8 Å². The highest BCUT2D eigenvalue weighted by Crippen LogP contribution is 2.23. The Hall–Kier alpha value is 0.640. The first-order chi connectivity index (χ1) is 15.2. The van der Waals surface area contributed by atoms with Crippen LogP contribution < -0.4 is 15.8 Å². The average molecular weight is 1120 g/mol. The lowest BCUT2D eigenvalue weighted by molar-refractivity contribution is -0.374. The minimum atomic E-state index is -1.11. The second-order valence-electron chi connectivity index (χ2n) is 6.18. The fraction of sp³-hybridized carbons (Fsp3) is 0.100. The van der Waals surface area contributed by atoms with Crippen LogP contribution in [0.15, 0.2) is 30.3 Å². The molecule has 0 spiro atoms. The van der Waals surface area contributed by atoms with Gasteiger partial charge in [-0.25, -0.2) is 9.78 Å². The summed E-state index contributed by atoms with van der Waals surface area (Å²) < 4.78 is 5.35. The number of nitrogens with two attached hydrogens (primary N) is 1. The smallest absolute Gasteiger partial charge is 0.387 e. The molecule has 0 bridgehead atoms. The van der Waals surface area contributed by atoms with Gasteiger partial charge >= 0.3 is 11.9 Å². The van der Waals surface area contributed by atoms with Gasteiger partial charge in [0.25, 0.3) is 0 Å². The van der Waals surface area contributed by atoms with Crippen molar-refractivity contribution in [3.63, 3.8) is 0 Å². The minimum absolute atomic E-state index is 0.270. The van der Waals surface area contributed by atoms with Crippen molar-refractivity contribution in [2.45, 2.75) is 13.8 Å². The third kappa shape index (κ3) is 11.1. The Kier molecular flexibility index (Phi) is 14.4. The molecular formula is C20H15I6N3O4. The van der Waals surface area contributed by atoms with E-state index in [2.05, 4.69) is 100 Å². The highest BCUT2D eigenvalue weighted by Gasteiger charge is 2.11. The number of nitrogens with zero attached hydrogens (tertiary/aromatic N) is 1. The topological polar surface area (TPSA) is 130 Å². The van der Waals surface area contributed by atoms with E-state index in [1.54, 1.807) is 12.1 Å². The summed E-state index contributed by atoms with van der Waals surface area (Å²) in [5.41, 5.74) is 8.03. The van der Waals surface area contributed by atoms with Crippen molar-refractivity contribution >= 4 is 153 Å². The lowest BCUT2D eigenvalue weighted by Gasteiger charge is -2.07. The molecule has 0 fully saturated rings. The molecule has 0 amide bonds. The molecule has 33 heavy (non-hydrogen) atoms. The number of benzene rings is 2. The number of aromatic amines is 1. The summed E-state index contributed by atoms with van der Waals surface area (Å²) in [5.74, 6) is -1.50. The van der Waals surface area contributed by atoms with E-state index < -0.39 is 11.9 Å². The second kappa shape index (κ2) is 15.0. The molecule has 0 aliphatic rings. The van der Waals surface area contributed by atoms with Crippen molar-refractivity contribution in [1.29, 1.82) is 0 Å². The molecule has 0 unspecified atom stereocenters. The Morgan fingerprint density at radius 3 is 1.73 bits per heavy atom. The number of hydrogen-bond acceptors (Lipinski definition) is 5. The summed E-state index contributed by atoms with van der Waals surface area (Å²) in [5, 5.41) is 19.4. The normalized spacial score (nSPS) is 9.82. The zero-order chi connectivity index (χ0) is 25.5. The number of carbonyl (C=O) groups excluding carboxylic acids is 1. The van der Waals surface area contributed by atoms with Crippen LogP contribution >= 0.6 is 136 Å². The lowest BCUT2D eigenvalue weighted by Crippen LogP contribution is -2.23. The average Bonchev–Trinajstić information content (AvgIpc) is 2.67. The third-order valence-corrected chi connectivity index (χ3v) is 10.8. The first kappa shape index (κ1) is 31.7. The molecule has 2 aromatic carbocycles. The zero-order valence-corrected chi connectivity index (χ0v) is 29.8. The summed E-state index contributed by atoms with van der Waals surface area (Å²) in [6, 6.07) is 9.10. The molecule has 1 heterocycles. The standard InChI is InChI=1S/2C7H3I3O2.C6H9N3/c2*8-3-1-4(7(11)12)6(10)5(9)2-3;1-4-3-5(2)9-6(7)8-4/h2*1-2H,(H,11,12);3H,1-2H3,(H2,7,8,9). The Bertz CT molecular complexity index is 1070. The number of nitrogen functional groups attached to an aromatic ring is 1. The number of carboxylic acid groups (broad SMARTS) is 2. The van der Waals surface area contributed by atoms with Gasteiger partial charge in [-0.1, -0.05) is 4.98 Å². The molecule has 13 heteroatoms. The molecule has 4 N–H and O–H groups in total. The van der Waals surface area contributed by atoms with Crippen molar-refractivity contribution in [3.8, 4) is 0 Å². The number of anilines is 1. The van der Waals surface area contributed by atoms with Gasteiger partial charge in [0.2, 0.25) is 0 Å². The molecule has 0 aliphatic heterocycles. The van der Waals surface area contributed by atoms with Crippen molar-refractivity contribution in [3.05, 3.63) is 74.3 Å². The van der Waals surface area contributed by atoms with Crippen molar-refractivity contribution < 1.29 is 24.8 Å². The molecule has 7 nitrogen and oxygen atoms in total. The van der Waals surface area contributed by atoms with Gasteiger partial charge in [-0.3, -0.25) is 5.73 Å². The fourth-order valence-electron chi connectivity index (χ4n) is 2.22. The maximum atomic E-state index is 10.7. The van der Waals surface area contributed by atoms with E-state index in [1.165, 1.54) is 0 Å². The molecule has 176 valence electrons. The zero-order valence-electron chi connectivity index (χ0n) is 16.9. The number of halogens is 6.